The molecule has 258 valence electrons. The molecule has 0 amide bonds. The topological polar surface area (TPSA) is 0 Å². The van der Waals surface area contributed by atoms with Crippen molar-refractivity contribution in [3.05, 3.63) is 11.6 Å². The molecule has 0 nitrogen and oxygen atoms in total. The molecular formula is C41H76P2Ru. The van der Waals surface area contributed by atoms with Crippen LogP contribution in [0.2, 0.25) is 0 Å². The summed E-state index contributed by atoms with van der Waals surface area (Å²) in [5.74, 6) is 0. The van der Waals surface area contributed by atoms with E-state index in [1.54, 1.807) is 198 Å². The summed E-state index contributed by atoms with van der Waals surface area (Å²) in [6.07, 6.45) is 51.6. The molecule has 3 heteroatoms. The molecule has 6 rings (SSSR count). The molecule has 0 radical (unpaired) electrons. The second-order valence-corrected chi connectivity index (χ2v) is 28.5. The Kier molecular flexibility index (Phi) is 14.7. The molecule has 44 heavy (non-hydrogen) atoms. The van der Waals surface area contributed by atoms with Crippen LogP contribution in [0.3, 0.4) is 0 Å². The fourth-order valence-corrected chi connectivity index (χ4v) is 38.6. The van der Waals surface area contributed by atoms with Crippen molar-refractivity contribution in [1.82, 2.24) is 0 Å². The van der Waals surface area contributed by atoms with Gasteiger partial charge in [-0.1, -0.05) is 0 Å². The van der Waals surface area contributed by atoms with Crippen LogP contribution in [0.15, 0.2) is 11.6 Å². The summed E-state index contributed by atoms with van der Waals surface area (Å²) in [6, 6.07) is 0. The van der Waals surface area contributed by atoms with Crippen molar-refractivity contribution in [2.45, 2.75) is 246 Å². The van der Waals surface area contributed by atoms with Gasteiger partial charge in [0.05, 0.1) is 0 Å². The minimum Gasteiger partial charge on any atom is 0 e. The monoisotopic (exact) mass is 732 g/mol. The van der Waals surface area contributed by atoms with Gasteiger partial charge >= 0.3 is 272 Å². The zero-order chi connectivity index (χ0) is 29.5. The molecule has 0 bridgehead atoms. The van der Waals surface area contributed by atoms with Gasteiger partial charge < -0.3 is 0 Å². The predicted octanol–water partition coefficient (Wildman–Crippen LogP) is 13.8. The van der Waals surface area contributed by atoms with Crippen molar-refractivity contribution in [3.8, 4) is 0 Å². The Morgan fingerprint density at radius 1 is 0.364 bits per heavy atom. The van der Waals surface area contributed by atoms with Crippen molar-refractivity contribution in [2.75, 3.05) is 0 Å². The first-order valence-corrected chi connectivity index (χ1v) is 25.4. The van der Waals surface area contributed by atoms with Crippen molar-refractivity contribution >= 4 is 14.5 Å². The standard InChI is InChI=1S/C41H76P2.Ru/c1-34(2)33-41(42(35-21-9-3-10-22-35,36-23-11-4-12-24-36)37-25-13-5-14-26-37)43(38-27-15-6-16-28-38,39-29-17-7-18-30-39)40-31-19-8-20-32-40;/h33,35-43H,3-32H2,1-2H3;. The van der Waals surface area contributed by atoms with E-state index in [1.807, 2.05) is 0 Å². The van der Waals surface area contributed by atoms with Gasteiger partial charge in [-0.25, -0.2) is 0 Å². The number of hydrogen-bond donors (Lipinski definition) is 0. The first-order chi connectivity index (χ1) is 21.2. The third-order valence-corrected chi connectivity index (χ3v) is 32.9. The zero-order valence-electron chi connectivity index (χ0n) is 29.7. The molecular weight excluding hydrogens is 655 g/mol. The van der Waals surface area contributed by atoms with Gasteiger partial charge in [-0.3, -0.25) is 0 Å². The zero-order valence-corrected chi connectivity index (χ0v) is 33.4. The Bertz CT molecular complexity index is 689. The second kappa shape index (κ2) is 17.8. The average Bonchev–Trinajstić information content (AvgIpc) is 3.08. The molecule has 6 fully saturated rings. The molecule has 0 N–H and O–H groups in total. The third-order valence-electron chi connectivity index (χ3n) is 15.5. The van der Waals surface area contributed by atoms with Crippen LogP contribution in [-0.4, -0.2) is 39.4 Å². The summed E-state index contributed by atoms with van der Waals surface area (Å²) in [5, 5.41) is 1.13. The fourth-order valence-electron chi connectivity index (χ4n) is 14.2. The molecule has 0 saturated heterocycles. The van der Waals surface area contributed by atoms with Gasteiger partial charge in [-0.2, -0.15) is 0 Å². The van der Waals surface area contributed by atoms with Gasteiger partial charge in [0, 0.05) is 19.5 Å². The number of rotatable bonds is 9. The van der Waals surface area contributed by atoms with Gasteiger partial charge in [0.25, 0.3) is 0 Å². The maximum atomic E-state index is 3.26. The summed E-state index contributed by atoms with van der Waals surface area (Å²) < 4.78 is 0. The van der Waals surface area contributed by atoms with Crippen LogP contribution in [0.25, 0.3) is 0 Å². The molecule has 0 aliphatic heterocycles. The SMILES string of the molecule is CC(C)=CC([PH](C1CCCCC1)(C1CCCCC1)C1CCCCC1)[PH](C1CCCCC1)(C1CCCCC1)C1CCCCC1.[Ru]. The van der Waals surface area contributed by atoms with Crippen LogP contribution < -0.4 is 0 Å². The molecule has 6 aliphatic rings. The van der Waals surface area contributed by atoms with E-state index in [2.05, 4.69) is 19.9 Å². The predicted molar refractivity (Wildman–Crippen MR) is 201 cm³/mol. The number of hydrogen-bond acceptors (Lipinski definition) is 0. The minimum atomic E-state index is -1.69. The maximum absolute atomic E-state index is 3.26. The average molecular weight is 732 g/mol. The van der Waals surface area contributed by atoms with E-state index in [4.69, 9.17) is 0 Å². The first-order valence-electron chi connectivity index (χ1n) is 20.8. The molecule has 6 aliphatic carbocycles. The Hall–Kier alpha value is 1.22. The van der Waals surface area contributed by atoms with Crippen molar-refractivity contribution in [2.24, 2.45) is 0 Å². The first kappa shape index (κ1) is 36.5. The summed E-state index contributed by atoms with van der Waals surface area (Å²) in [6.45, 7) is 5.19. The Labute approximate surface area is 290 Å². The Morgan fingerprint density at radius 3 is 0.705 bits per heavy atom. The molecule has 0 spiro atoms. The van der Waals surface area contributed by atoms with E-state index in [0.717, 1.165) is 5.40 Å². The molecule has 6 saturated carbocycles. The summed E-state index contributed by atoms with van der Waals surface area (Å²) in [7, 11) is -3.37. The minimum absolute atomic E-state index is 0. The van der Waals surface area contributed by atoms with Crippen molar-refractivity contribution in [1.29, 1.82) is 0 Å². The van der Waals surface area contributed by atoms with Gasteiger partial charge in [0.1, 0.15) is 0 Å². The smallest absolute Gasteiger partial charge is 0 e. The maximum Gasteiger partial charge on any atom is 0 e. The van der Waals surface area contributed by atoms with E-state index in [-0.39, 0.29) is 19.5 Å². The van der Waals surface area contributed by atoms with E-state index in [1.165, 1.54) is 34.0 Å². The molecule has 0 unspecified atom stereocenters. The van der Waals surface area contributed by atoms with E-state index in [0.29, 0.717) is 0 Å². The van der Waals surface area contributed by atoms with Crippen LogP contribution in [0, 0.1) is 0 Å². The Balaban J connectivity index is 0.00000384. The van der Waals surface area contributed by atoms with Gasteiger partial charge in [-0.05, 0) is 0 Å². The van der Waals surface area contributed by atoms with Crippen LogP contribution in [-0.2, 0) is 19.5 Å². The summed E-state index contributed by atoms with van der Waals surface area (Å²) in [4.78, 5) is 0. The fraction of sp³-hybridized carbons (Fsp3) is 0.951. The molecule has 0 aromatic heterocycles. The molecule has 0 heterocycles. The van der Waals surface area contributed by atoms with Crippen LogP contribution in [0.5, 0.6) is 0 Å². The molecule has 0 aromatic rings. The van der Waals surface area contributed by atoms with Gasteiger partial charge in [-0.15, -0.1) is 0 Å². The third kappa shape index (κ3) is 7.52. The van der Waals surface area contributed by atoms with Crippen molar-refractivity contribution < 1.29 is 19.5 Å². The van der Waals surface area contributed by atoms with Crippen LogP contribution >= 0.6 is 14.5 Å². The van der Waals surface area contributed by atoms with Crippen molar-refractivity contribution in [3.63, 3.8) is 0 Å². The number of allylic oxidation sites excluding steroid dienone is 2. The van der Waals surface area contributed by atoms with Gasteiger partial charge in [0.2, 0.25) is 0 Å². The summed E-state index contributed by atoms with van der Waals surface area (Å²) >= 11 is 0. The molecule has 0 atom stereocenters. The van der Waals surface area contributed by atoms with Crippen LogP contribution in [0.1, 0.15) is 206 Å². The largest absolute Gasteiger partial charge is 0 e. The van der Waals surface area contributed by atoms with E-state index >= 15 is 0 Å². The summed E-state index contributed by atoms with van der Waals surface area (Å²) in [5.41, 5.74) is 8.83. The van der Waals surface area contributed by atoms with E-state index < -0.39 is 14.5 Å². The quantitative estimate of drug-likeness (QED) is 0.126. The van der Waals surface area contributed by atoms with Gasteiger partial charge in [0.15, 0.2) is 0 Å². The normalized spacial score (nSPS) is 28.6. The molecule has 0 aromatic carbocycles. The van der Waals surface area contributed by atoms with Crippen LogP contribution in [0.4, 0.5) is 0 Å². The Morgan fingerprint density at radius 2 is 0.545 bits per heavy atom. The second-order valence-electron chi connectivity index (χ2n) is 17.7. The van der Waals surface area contributed by atoms with E-state index in [9.17, 15) is 0 Å².